The largest absolute Gasteiger partial charge is 0.330 e. The quantitative estimate of drug-likeness (QED) is 0.187. The van der Waals surface area contributed by atoms with Crippen molar-refractivity contribution >= 4 is 44.3 Å². The summed E-state index contributed by atoms with van der Waals surface area (Å²) < 4.78 is 0. The first-order valence-corrected chi connectivity index (χ1v) is 13.6. The lowest BCUT2D eigenvalue weighted by Gasteiger charge is -2.02. The minimum atomic E-state index is 0.868. The molecule has 0 saturated heterocycles. The number of rotatable bonds is 13. The Morgan fingerprint density at radius 1 is 0.529 bits per heavy atom. The maximum atomic E-state index is 4.33. The van der Waals surface area contributed by atoms with E-state index in [1.807, 2.05) is 0 Å². The SMILES string of the molecule is Cc1ccc(Nc2nnc(CCCCCCCCc3nnc(Nc4ccc(C)cc4)s3)s2)cc1. The van der Waals surface area contributed by atoms with Gasteiger partial charge in [-0.2, -0.15) is 0 Å². The molecular formula is C26H32N6S2. The standard InChI is InChI=1S/C26H32N6S2/c1-19-11-15-21(16-12-19)27-25-31-29-23(33-25)9-7-5-3-4-6-8-10-24-30-32-26(34-24)28-22-17-13-20(2)14-18-22/h11-18H,3-10H2,1-2H3,(H,27,31)(H,28,32). The first-order chi connectivity index (χ1) is 16.6. The van der Waals surface area contributed by atoms with E-state index in [-0.39, 0.29) is 0 Å². The van der Waals surface area contributed by atoms with Crippen LogP contribution in [0, 0.1) is 13.8 Å². The molecule has 0 amide bonds. The molecule has 0 aliphatic rings. The summed E-state index contributed by atoms with van der Waals surface area (Å²) in [6, 6.07) is 16.7. The zero-order valence-corrected chi connectivity index (χ0v) is 21.5. The van der Waals surface area contributed by atoms with E-state index in [0.717, 1.165) is 44.5 Å². The van der Waals surface area contributed by atoms with E-state index in [0.29, 0.717) is 0 Å². The Morgan fingerprint density at radius 2 is 0.912 bits per heavy atom. The Morgan fingerprint density at radius 3 is 1.32 bits per heavy atom. The highest BCUT2D eigenvalue weighted by atomic mass is 32.1. The molecule has 0 saturated carbocycles. The first-order valence-electron chi connectivity index (χ1n) is 12.0. The molecule has 8 heteroatoms. The predicted octanol–water partition coefficient (Wildman–Crippen LogP) is 7.62. The minimum Gasteiger partial charge on any atom is -0.330 e. The summed E-state index contributed by atoms with van der Waals surface area (Å²) >= 11 is 3.31. The lowest BCUT2D eigenvalue weighted by atomic mass is 10.1. The van der Waals surface area contributed by atoms with Crippen LogP contribution < -0.4 is 10.6 Å². The molecule has 0 spiro atoms. The normalized spacial score (nSPS) is 11.0. The van der Waals surface area contributed by atoms with Gasteiger partial charge in [-0.15, -0.1) is 20.4 Å². The maximum Gasteiger partial charge on any atom is 0.210 e. The van der Waals surface area contributed by atoms with Crippen LogP contribution in [0.3, 0.4) is 0 Å². The molecule has 2 N–H and O–H groups in total. The number of unbranched alkanes of at least 4 members (excludes halogenated alkanes) is 5. The number of hydrogen-bond acceptors (Lipinski definition) is 8. The molecule has 0 unspecified atom stereocenters. The van der Waals surface area contributed by atoms with Crippen molar-refractivity contribution in [1.29, 1.82) is 0 Å². The van der Waals surface area contributed by atoms with Crippen LogP contribution >= 0.6 is 22.7 Å². The molecule has 0 radical (unpaired) electrons. The number of aromatic nitrogens is 4. The van der Waals surface area contributed by atoms with Gasteiger partial charge in [-0.3, -0.25) is 0 Å². The van der Waals surface area contributed by atoms with Crippen LogP contribution in [0.1, 0.15) is 59.7 Å². The van der Waals surface area contributed by atoms with Gasteiger partial charge in [0.05, 0.1) is 0 Å². The summed E-state index contributed by atoms with van der Waals surface area (Å²) in [6.45, 7) is 4.18. The van der Waals surface area contributed by atoms with E-state index in [4.69, 9.17) is 0 Å². The van der Waals surface area contributed by atoms with Crippen molar-refractivity contribution in [2.45, 2.75) is 65.2 Å². The second kappa shape index (κ2) is 12.6. The van der Waals surface area contributed by atoms with Crippen LogP contribution in [0.4, 0.5) is 21.6 Å². The topological polar surface area (TPSA) is 75.6 Å². The average Bonchev–Trinajstić information content (AvgIpc) is 3.48. The van der Waals surface area contributed by atoms with Crippen LogP contribution in [-0.4, -0.2) is 20.4 Å². The molecule has 0 bridgehead atoms. The molecule has 0 aliphatic heterocycles. The molecule has 0 aliphatic carbocycles. The van der Waals surface area contributed by atoms with Gasteiger partial charge in [0, 0.05) is 24.2 Å². The van der Waals surface area contributed by atoms with Gasteiger partial charge in [-0.1, -0.05) is 83.7 Å². The molecule has 178 valence electrons. The summed E-state index contributed by atoms with van der Waals surface area (Å²) in [6.07, 6.45) is 9.37. The first kappa shape index (κ1) is 24.3. The van der Waals surface area contributed by atoms with E-state index >= 15 is 0 Å². The number of hydrogen-bond donors (Lipinski definition) is 2. The molecule has 34 heavy (non-hydrogen) atoms. The third kappa shape index (κ3) is 7.88. The van der Waals surface area contributed by atoms with Gasteiger partial charge < -0.3 is 10.6 Å². The maximum absolute atomic E-state index is 4.33. The second-order valence-electron chi connectivity index (χ2n) is 8.61. The van der Waals surface area contributed by atoms with Gasteiger partial charge in [0.1, 0.15) is 10.0 Å². The van der Waals surface area contributed by atoms with Crippen LogP contribution in [0.2, 0.25) is 0 Å². The highest BCUT2D eigenvalue weighted by molar-refractivity contribution is 7.15. The van der Waals surface area contributed by atoms with Crippen LogP contribution in [-0.2, 0) is 12.8 Å². The third-order valence-electron chi connectivity index (χ3n) is 5.57. The number of nitrogens with zero attached hydrogens (tertiary/aromatic N) is 4. The highest BCUT2D eigenvalue weighted by Gasteiger charge is 2.06. The van der Waals surface area contributed by atoms with Crippen molar-refractivity contribution in [1.82, 2.24) is 20.4 Å². The zero-order chi connectivity index (χ0) is 23.6. The van der Waals surface area contributed by atoms with Gasteiger partial charge in [0.15, 0.2) is 0 Å². The molecule has 2 heterocycles. The van der Waals surface area contributed by atoms with Crippen molar-refractivity contribution in [2.24, 2.45) is 0 Å². The van der Waals surface area contributed by atoms with Gasteiger partial charge in [0.25, 0.3) is 0 Å². The molecule has 6 nitrogen and oxygen atoms in total. The van der Waals surface area contributed by atoms with Gasteiger partial charge in [-0.25, -0.2) is 0 Å². The van der Waals surface area contributed by atoms with Crippen molar-refractivity contribution in [3.05, 3.63) is 69.7 Å². The van der Waals surface area contributed by atoms with E-state index in [2.05, 4.69) is 93.4 Å². The minimum absolute atomic E-state index is 0.868. The van der Waals surface area contributed by atoms with Gasteiger partial charge in [0.2, 0.25) is 10.3 Å². The zero-order valence-electron chi connectivity index (χ0n) is 19.9. The molecule has 2 aromatic carbocycles. The third-order valence-corrected chi connectivity index (χ3v) is 7.37. The average molecular weight is 493 g/mol. The Balaban J connectivity index is 1.05. The van der Waals surface area contributed by atoms with E-state index in [1.54, 1.807) is 22.7 Å². The lowest BCUT2D eigenvalue weighted by molar-refractivity contribution is 0.591. The molecule has 2 aromatic heterocycles. The van der Waals surface area contributed by atoms with E-state index < -0.39 is 0 Å². The van der Waals surface area contributed by atoms with Crippen molar-refractivity contribution in [3.63, 3.8) is 0 Å². The Labute approximate surface area is 209 Å². The molecule has 0 fully saturated rings. The summed E-state index contributed by atoms with van der Waals surface area (Å²) in [5, 5.41) is 27.8. The molecule has 4 rings (SSSR count). The summed E-state index contributed by atoms with van der Waals surface area (Å²) in [5.74, 6) is 0. The smallest absolute Gasteiger partial charge is 0.210 e. The summed E-state index contributed by atoms with van der Waals surface area (Å²) in [7, 11) is 0. The number of benzene rings is 2. The van der Waals surface area contributed by atoms with Crippen molar-refractivity contribution in [3.8, 4) is 0 Å². The lowest BCUT2D eigenvalue weighted by Crippen LogP contribution is -1.89. The van der Waals surface area contributed by atoms with Crippen LogP contribution in [0.25, 0.3) is 0 Å². The van der Waals surface area contributed by atoms with E-state index in [9.17, 15) is 0 Å². The van der Waals surface area contributed by atoms with Gasteiger partial charge in [-0.05, 0) is 51.0 Å². The Hall–Kier alpha value is -2.84. The fourth-order valence-electron chi connectivity index (χ4n) is 3.59. The molecule has 0 atom stereocenters. The highest BCUT2D eigenvalue weighted by Crippen LogP contribution is 2.24. The Kier molecular flexibility index (Phi) is 8.98. The van der Waals surface area contributed by atoms with E-state index in [1.165, 1.54) is 49.7 Å². The number of nitrogens with one attached hydrogen (secondary N) is 2. The summed E-state index contributed by atoms with van der Waals surface area (Å²) in [5.41, 5.74) is 4.62. The van der Waals surface area contributed by atoms with Crippen molar-refractivity contribution in [2.75, 3.05) is 10.6 Å². The number of aryl methyl sites for hydroxylation is 4. The fraction of sp³-hybridized carbons (Fsp3) is 0.385. The van der Waals surface area contributed by atoms with Crippen LogP contribution in [0.5, 0.6) is 0 Å². The van der Waals surface area contributed by atoms with Crippen molar-refractivity contribution < 1.29 is 0 Å². The van der Waals surface area contributed by atoms with Crippen LogP contribution in [0.15, 0.2) is 48.5 Å². The Bertz CT molecular complexity index is 1040. The predicted molar refractivity (Wildman–Crippen MR) is 144 cm³/mol. The van der Waals surface area contributed by atoms with Gasteiger partial charge >= 0.3 is 0 Å². The molecule has 4 aromatic rings. The monoisotopic (exact) mass is 492 g/mol. The number of anilines is 4. The fourth-order valence-corrected chi connectivity index (χ4v) is 5.19. The second-order valence-corrected chi connectivity index (χ2v) is 10.7. The summed E-state index contributed by atoms with van der Waals surface area (Å²) in [4.78, 5) is 0. The molecular weight excluding hydrogens is 460 g/mol.